The molecule has 0 amide bonds. The number of rotatable bonds is 5. The summed E-state index contributed by atoms with van der Waals surface area (Å²) in [5.41, 5.74) is 5.05. The summed E-state index contributed by atoms with van der Waals surface area (Å²) in [7, 11) is 1.96. The van der Waals surface area contributed by atoms with Crippen molar-refractivity contribution < 1.29 is 0 Å². The average molecular weight is 243 g/mol. The van der Waals surface area contributed by atoms with Gasteiger partial charge in [-0.2, -0.15) is 5.10 Å². The van der Waals surface area contributed by atoms with Gasteiger partial charge in [0, 0.05) is 19.8 Å². The highest BCUT2D eigenvalue weighted by Gasteiger charge is 2.06. The van der Waals surface area contributed by atoms with E-state index < -0.39 is 0 Å². The number of aryl methyl sites for hydroxylation is 3. The van der Waals surface area contributed by atoms with Gasteiger partial charge in [0.1, 0.15) is 0 Å². The maximum atomic E-state index is 4.44. The normalized spacial score (nSPS) is 10.6. The van der Waals surface area contributed by atoms with Gasteiger partial charge in [0.2, 0.25) is 0 Å². The quantitative estimate of drug-likeness (QED) is 0.874. The van der Waals surface area contributed by atoms with Crippen molar-refractivity contribution in [2.75, 3.05) is 5.32 Å². The zero-order chi connectivity index (χ0) is 13.0. The standard InChI is InChI=1S/C15H21N3/c1-4-12-8-6-7-9-13(12)10-16-15-11-18(3)17-14(15)5-2/h6-9,11,16H,4-5,10H2,1-3H3. The van der Waals surface area contributed by atoms with Crippen LogP contribution in [-0.2, 0) is 26.4 Å². The lowest BCUT2D eigenvalue weighted by atomic mass is 10.1. The number of nitrogens with one attached hydrogen (secondary N) is 1. The van der Waals surface area contributed by atoms with Crippen molar-refractivity contribution in [3.05, 3.63) is 47.3 Å². The highest BCUT2D eigenvalue weighted by molar-refractivity contribution is 5.47. The fourth-order valence-corrected chi connectivity index (χ4v) is 2.21. The van der Waals surface area contributed by atoms with E-state index in [0.717, 1.165) is 30.8 Å². The largest absolute Gasteiger partial charge is 0.378 e. The van der Waals surface area contributed by atoms with E-state index in [4.69, 9.17) is 0 Å². The Morgan fingerprint density at radius 3 is 2.50 bits per heavy atom. The first-order chi connectivity index (χ1) is 8.74. The fraction of sp³-hybridized carbons (Fsp3) is 0.400. The van der Waals surface area contributed by atoms with E-state index in [1.54, 1.807) is 0 Å². The lowest BCUT2D eigenvalue weighted by Gasteiger charge is -2.09. The van der Waals surface area contributed by atoms with Gasteiger partial charge in [0.15, 0.2) is 0 Å². The van der Waals surface area contributed by atoms with Crippen molar-refractivity contribution in [1.29, 1.82) is 0 Å². The second-order valence-electron chi connectivity index (χ2n) is 4.49. The molecule has 1 heterocycles. The Kier molecular flexibility index (Phi) is 4.03. The van der Waals surface area contributed by atoms with Gasteiger partial charge in [-0.25, -0.2) is 0 Å². The first kappa shape index (κ1) is 12.7. The highest BCUT2D eigenvalue weighted by Crippen LogP contribution is 2.16. The van der Waals surface area contributed by atoms with Crippen LogP contribution in [0.4, 0.5) is 5.69 Å². The van der Waals surface area contributed by atoms with Crippen LogP contribution in [0.1, 0.15) is 30.7 Å². The van der Waals surface area contributed by atoms with Crippen LogP contribution in [-0.4, -0.2) is 9.78 Å². The second kappa shape index (κ2) is 5.71. The predicted octanol–water partition coefficient (Wildman–Crippen LogP) is 3.16. The third-order valence-electron chi connectivity index (χ3n) is 3.21. The summed E-state index contributed by atoms with van der Waals surface area (Å²) in [6.45, 7) is 5.19. The Hall–Kier alpha value is -1.77. The van der Waals surface area contributed by atoms with Crippen LogP contribution >= 0.6 is 0 Å². The van der Waals surface area contributed by atoms with Gasteiger partial charge in [-0.15, -0.1) is 0 Å². The average Bonchev–Trinajstić information content (AvgIpc) is 2.77. The van der Waals surface area contributed by atoms with Crippen LogP contribution in [0.5, 0.6) is 0 Å². The molecular weight excluding hydrogens is 222 g/mol. The monoisotopic (exact) mass is 243 g/mol. The molecule has 0 fully saturated rings. The Labute approximate surface area is 109 Å². The Morgan fingerprint density at radius 2 is 1.83 bits per heavy atom. The minimum atomic E-state index is 0.864. The maximum Gasteiger partial charge on any atom is 0.0853 e. The predicted molar refractivity (Wildman–Crippen MR) is 75.7 cm³/mol. The number of aromatic nitrogens is 2. The highest BCUT2D eigenvalue weighted by atomic mass is 15.3. The van der Waals surface area contributed by atoms with Crippen molar-refractivity contribution >= 4 is 5.69 Å². The lowest BCUT2D eigenvalue weighted by Crippen LogP contribution is -2.03. The van der Waals surface area contributed by atoms with E-state index in [1.807, 2.05) is 17.9 Å². The van der Waals surface area contributed by atoms with E-state index in [0.29, 0.717) is 0 Å². The molecule has 0 spiro atoms. The van der Waals surface area contributed by atoms with Crippen LogP contribution < -0.4 is 5.32 Å². The number of hydrogen-bond acceptors (Lipinski definition) is 2. The van der Waals surface area contributed by atoms with Crippen LogP contribution in [0.15, 0.2) is 30.5 Å². The van der Waals surface area contributed by atoms with E-state index >= 15 is 0 Å². The first-order valence-corrected chi connectivity index (χ1v) is 6.57. The summed E-state index contributed by atoms with van der Waals surface area (Å²) in [6, 6.07) is 8.58. The van der Waals surface area contributed by atoms with Crippen molar-refractivity contribution in [3.63, 3.8) is 0 Å². The lowest BCUT2D eigenvalue weighted by molar-refractivity contribution is 0.746. The molecule has 2 aromatic rings. The molecule has 0 aliphatic rings. The molecule has 18 heavy (non-hydrogen) atoms. The van der Waals surface area contributed by atoms with Crippen LogP contribution in [0.3, 0.4) is 0 Å². The van der Waals surface area contributed by atoms with Gasteiger partial charge >= 0.3 is 0 Å². The van der Waals surface area contributed by atoms with Gasteiger partial charge in [-0.1, -0.05) is 38.1 Å². The topological polar surface area (TPSA) is 29.9 Å². The summed E-state index contributed by atoms with van der Waals surface area (Å²) in [4.78, 5) is 0. The second-order valence-corrected chi connectivity index (χ2v) is 4.49. The molecule has 0 aliphatic carbocycles. The summed E-state index contributed by atoms with van der Waals surface area (Å²) in [6.07, 6.45) is 4.08. The zero-order valence-corrected chi connectivity index (χ0v) is 11.4. The zero-order valence-electron chi connectivity index (χ0n) is 11.4. The van der Waals surface area contributed by atoms with E-state index in [2.05, 4.69) is 48.5 Å². The molecular formula is C15H21N3. The number of benzene rings is 1. The minimum absolute atomic E-state index is 0.864. The Balaban J connectivity index is 2.11. The minimum Gasteiger partial charge on any atom is -0.378 e. The van der Waals surface area contributed by atoms with Gasteiger partial charge in [0.05, 0.1) is 11.4 Å². The van der Waals surface area contributed by atoms with Crippen molar-refractivity contribution in [2.24, 2.45) is 7.05 Å². The van der Waals surface area contributed by atoms with Gasteiger partial charge in [0.25, 0.3) is 0 Å². The van der Waals surface area contributed by atoms with E-state index in [9.17, 15) is 0 Å². The van der Waals surface area contributed by atoms with Crippen molar-refractivity contribution in [1.82, 2.24) is 9.78 Å². The van der Waals surface area contributed by atoms with Crippen LogP contribution in [0, 0.1) is 0 Å². The van der Waals surface area contributed by atoms with Crippen LogP contribution in [0.2, 0.25) is 0 Å². The maximum absolute atomic E-state index is 4.44. The molecule has 96 valence electrons. The van der Waals surface area contributed by atoms with Gasteiger partial charge < -0.3 is 5.32 Å². The summed E-state index contributed by atoms with van der Waals surface area (Å²) >= 11 is 0. The SMILES string of the molecule is CCc1ccccc1CNc1cn(C)nc1CC. The summed E-state index contributed by atoms with van der Waals surface area (Å²) in [5, 5.41) is 7.93. The molecule has 2 rings (SSSR count). The smallest absolute Gasteiger partial charge is 0.0853 e. The van der Waals surface area contributed by atoms with E-state index in [1.165, 1.54) is 11.1 Å². The molecule has 3 heteroatoms. The fourth-order valence-electron chi connectivity index (χ4n) is 2.21. The third-order valence-corrected chi connectivity index (χ3v) is 3.21. The molecule has 0 aliphatic heterocycles. The molecule has 1 N–H and O–H groups in total. The molecule has 0 bridgehead atoms. The molecule has 1 aromatic carbocycles. The summed E-state index contributed by atoms with van der Waals surface area (Å²) < 4.78 is 1.87. The third kappa shape index (κ3) is 2.73. The molecule has 0 unspecified atom stereocenters. The first-order valence-electron chi connectivity index (χ1n) is 6.57. The Morgan fingerprint density at radius 1 is 1.11 bits per heavy atom. The van der Waals surface area contributed by atoms with Crippen molar-refractivity contribution in [3.8, 4) is 0 Å². The molecule has 0 saturated heterocycles. The molecule has 0 saturated carbocycles. The van der Waals surface area contributed by atoms with Gasteiger partial charge in [-0.3, -0.25) is 4.68 Å². The summed E-state index contributed by atoms with van der Waals surface area (Å²) in [5.74, 6) is 0. The number of hydrogen-bond donors (Lipinski definition) is 1. The van der Waals surface area contributed by atoms with Crippen molar-refractivity contribution in [2.45, 2.75) is 33.2 Å². The van der Waals surface area contributed by atoms with E-state index in [-0.39, 0.29) is 0 Å². The molecule has 1 aromatic heterocycles. The number of nitrogens with zero attached hydrogens (tertiary/aromatic N) is 2. The van der Waals surface area contributed by atoms with Crippen LogP contribution in [0.25, 0.3) is 0 Å². The molecule has 0 atom stereocenters. The molecule has 3 nitrogen and oxygen atoms in total. The van der Waals surface area contributed by atoms with Gasteiger partial charge in [-0.05, 0) is 24.0 Å². The molecule has 0 radical (unpaired) electrons. The number of anilines is 1. The Bertz CT molecular complexity index is 514.